The van der Waals surface area contributed by atoms with Gasteiger partial charge >= 0.3 is 0 Å². The Bertz CT molecular complexity index is 3590. The first kappa shape index (κ1) is 35.9. The molecule has 3 heterocycles. The van der Waals surface area contributed by atoms with Crippen LogP contribution in [0.2, 0.25) is 0 Å². The van der Waals surface area contributed by atoms with Gasteiger partial charge in [0, 0.05) is 53.2 Å². The highest BCUT2D eigenvalue weighted by molar-refractivity contribution is 7.25. The van der Waals surface area contributed by atoms with Crippen LogP contribution in [-0.2, 0) is 0 Å². The lowest BCUT2D eigenvalue weighted by atomic mass is 9.98. The summed E-state index contributed by atoms with van der Waals surface area (Å²) in [5.74, 6) is 1.84. The Kier molecular flexibility index (Phi) is 8.65. The van der Waals surface area contributed by atoms with E-state index >= 15 is 0 Å². The fourth-order valence-corrected chi connectivity index (χ4v) is 10.1. The molecule has 0 saturated carbocycles. The van der Waals surface area contributed by atoms with Crippen molar-refractivity contribution < 1.29 is 0 Å². The van der Waals surface area contributed by atoms with Gasteiger partial charge in [0.15, 0.2) is 17.5 Å². The van der Waals surface area contributed by atoms with Crippen molar-refractivity contribution in [2.75, 3.05) is 0 Å². The van der Waals surface area contributed by atoms with Crippen LogP contribution < -0.4 is 0 Å². The molecule has 290 valence electrons. The fraction of sp³-hybridized carbons (Fsp3) is 0. The molecule has 12 rings (SSSR count). The minimum atomic E-state index is 0.603. The largest absolute Gasteiger partial charge is 0.309 e. The Labute approximate surface area is 362 Å². The molecule has 0 aliphatic carbocycles. The monoisotopic (exact) mass is 808 g/mol. The number of thiophene rings is 1. The summed E-state index contributed by atoms with van der Waals surface area (Å²) in [4.78, 5) is 16.0. The summed E-state index contributed by atoms with van der Waals surface area (Å²) < 4.78 is 4.96. The van der Waals surface area contributed by atoms with Crippen LogP contribution in [-0.4, -0.2) is 19.5 Å². The van der Waals surface area contributed by atoms with Gasteiger partial charge in [0.2, 0.25) is 0 Å². The van der Waals surface area contributed by atoms with Gasteiger partial charge in [-0.2, -0.15) is 0 Å². The number of aromatic nitrogens is 4. The SMILES string of the molecule is c1ccc(-c2ccccc2-c2nc(-c3cccc(-c4ccc5c(c4)sc4ccccc45)c3)nc(-c3ccc(-c4ccccc4)c(-n4c5ccccc5c5ccccc54)c3)n2)cc1. The minimum absolute atomic E-state index is 0.603. The van der Waals surface area contributed by atoms with Gasteiger partial charge in [0.05, 0.1) is 16.7 Å². The van der Waals surface area contributed by atoms with Crippen molar-refractivity contribution >= 4 is 53.3 Å². The normalized spacial score (nSPS) is 11.5. The Morgan fingerprint density at radius 3 is 1.52 bits per heavy atom. The molecule has 0 atom stereocenters. The zero-order chi connectivity index (χ0) is 41.0. The van der Waals surface area contributed by atoms with E-state index < -0.39 is 0 Å². The number of rotatable bonds is 7. The molecule has 4 nitrogen and oxygen atoms in total. The maximum Gasteiger partial charge on any atom is 0.164 e. The third kappa shape index (κ3) is 6.18. The van der Waals surface area contributed by atoms with Crippen LogP contribution in [0.5, 0.6) is 0 Å². The summed E-state index contributed by atoms with van der Waals surface area (Å²) in [7, 11) is 0. The topological polar surface area (TPSA) is 43.6 Å². The van der Waals surface area contributed by atoms with Gasteiger partial charge in [0.25, 0.3) is 0 Å². The highest BCUT2D eigenvalue weighted by Gasteiger charge is 2.20. The molecule has 12 aromatic rings. The second kappa shape index (κ2) is 14.9. The zero-order valence-corrected chi connectivity index (χ0v) is 34.3. The van der Waals surface area contributed by atoms with Gasteiger partial charge in [-0.1, -0.05) is 182 Å². The number of para-hydroxylation sites is 2. The summed E-state index contributed by atoms with van der Waals surface area (Å²) >= 11 is 1.84. The third-order valence-electron chi connectivity index (χ3n) is 11.9. The molecule has 0 aliphatic rings. The molecule has 0 amide bonds. The lowest BCUT2D eigenvalue weighted by Crippen LogP contribution is -2.03. The average Bonchev–Trinajstić information content (AvgIpc) is 3.90. The van der Waals surface area contributed by atoms with Crippen LogP contribution in [0.25, 0.3) is 115 Å². The molecule has 0 bridgehead atoms. The summed E-state index contributed by atoms with van der Waals surface area (Å²) in [5.41, 5.74) is 12.8. The average molecular weight is 809 g/mol. The van der Waals surface area contributed by atoms with Gasteiger partial charge in [-0.25, -0.2) is 15.0 Å². The van der Waals surface area contributed by atoms with Gasteiger partial charge < -0.3 is 4.57 Å². The van der Waals surface area contributed by atoms with E-state index in [4.69, 9.17) is 15.0 Å². The maximum absolute atomic E-state index is 5.34. The molecule has 0 unspecified atom stereocenters. The first-order valence-corrected chi connectivity index (χ1v) is 21.7. The molecule has 0 radical (unpaired) electrons. The van der Waals surface area contributed by atoms with Crippen molar-refractivity contribution in [3.05, 3.63) is 218 Å². The van der Waals surface area contributed by atoms with E-state index in [1.165, 1.54) is 30.9 Å². The number of fused-ring (bicyclic) bond motifs is 6. The van der Waals surface area contributed by atoms with Crippen molar-refractivity contribution in [2.45, 2.75) is 0 Å². The lowest BCUT2D eigenvalue weighted by Gasteiger charge is -2.17. The van der Waals surface area contributed by atoms with Gasteiger partial charge in [-0.3, -0.25) is 0 Å². The van der Waals surface area contributed by atoms with E-state index in [1.54, 1.807) is 0 Å². The molecule has 0 aliphatic heterocycles. The third-order valence-corrected chi connectivity index (χ3v) is 13.0. The predicted octanol–water partition coefficient (Wildman–Crippen LogP) is 15.3. The van der Waals surface area contributed by atoms with E-state index in [0.29, 0.717) is 17.5 Å². The van der Waals surface area contributed by atoms with Crippen LogP contribution in [0.3, 0.4) is 0 Å². The second-order valence-corrected chi connectivity index (χ2v) is 16.7. The van der Waals surface area contributed by atoms with Crippen molar-refractivity contribution in [1.82, 2.24) is 19.5 Å². The number of benzene rings is 9. The summed E-state index contributed by atoms with van der Waals surface area (Å²) in [6.45, 7) is 0. The van der Waals surface area contributed by atoms with Crippen LogP contribution in [0, 0.1) is 0 Å². The van der Waals surface area contributed by atoms with E-state index in [1.807, 2.05) is 17.4 Å². The van der Waals surface area contributed by atoms with Crippen LogP contribution in [0.1, 0.15) is 0 Å². The fourth-order valence-electron chi connectivity index (χ4n) is 8.95. The molecule has 9 aromatic carbocycles. The van der Waals surface area contributed by atoms with Gasteiger partial charge in [0.1, 0.15) is 0 Å². The Morgan fingerprint density at radius 2 is 0.790 bits per heavy atom. The van der Waals surface area contributed by atoms with E-state index in [9.17, 15) is 0 Å². The predicted molar refractivity (Wildman–Crippen MR) is 260 cm³/mol. The highest BCUT2D eigenvalue weighted by Crippen LogP contribution is 2.40. The standard InChI is InChI=1S/C57H36N4S/c1-3-16-37(17-4-1)43-22-7-8-26-49(43)57-59-55(41-21-15-20-39(34-41)40-30-33-48-47-25-11-14-29-53(47)62-54(48)36-40)58-56(60-57)42-31-32-44(38-18-5-2-6-19-38)52(35-42)61-50-27-12-9-23-45(50)46-24-10-13-28-51(46)61/h1-36H. The quantitative estimate of drug-likeness (QED) is 0.161. The van der Waals surface area contributed by atoms with Gasteiger partial charge in [-0.05, 0) is 64.2 Å². The first-order chi connectivity index (χ1) is 30.7. The van der Waals surface area contributed by atoms with E-state index in [-0.39, 0.29) is 0 Å². The molecular formula is C57H36N4S. The van der Waals surface area contributed by atoms with Gasteiger partial charge in [-0.15, -0.1) is 11.3 Å². The Hall–Kier alpha value is -7.99. The van der Waals surface area contributed by atoms with Crippen LogP contribution in [0.4, 0.5) is 0 Å². The lowest BCUT2D eigenvalue weighted by molar-refractivity contribution is 1.07. The van der Waals surface area contributed by atoms with Crippen molar-refractivity contribution in [2.24, 2.45) is 0 Å². The molecule has 5 heteroatoms. The molecular weight excluding hydrogens is 773 g/mol. The smallest absolute Gasteiger partial charge is 0.164 e. The molecule has 0 spiro atoms. The Balaban J connectivity index is 1.07. The summed E-state index contributed by atoms with van der Waals surface area (Å²) in [6.07, 6.45) is 0. The minimum Gasteiger partial charge on any atom is -0.309 e. The summed E-state index contributed by atoms with van der Waals surface area (Å²) in [6, 6.07) is 77.5. The number of nitrogens with zero attached hydrogens (tertiary/aromatic N) is 4. The van der Waals surface area contributed by atoms with E-state index in [2.05, 4.69) is 217 Å². The van der Waals surface area contributed by atoms with Crippen molar-refractivity contribution in [3.8, 4) is 73.2 Å². The van der Waals surface area contributed by atoms with Crippen LogP contribution >= 0.6 is 11.3 Å². The second-order valence-electron chi connectivity index (χ2n) is 15.6. The molecule has 3 aromatic heterocycles. The number of hydrogen-bond donors (Lipinski definition) is 0. The first-order valence-electron chi connectivity index (χ1n) is 20.8. The molecule has 0 N–H and O–H groups in total. The van der Waals surface area contributed by atoms with Crippen molar-refractivity contribution in [1.29, 1.82) is 0 Å². The zero-order valence-electron chi connectivity index (χ0n) is 33.5. The Morgan fingerprint density at radius 1 is 0.290 bits per heavy atom. The number of hydrogen-bond acceptors (Lipinski definition) is 4. The molecule has 0 fully saturated rings. The van der Waals surface area contributed by atoms with Crippen LogP contribution in [0.15, 0.2) is 218 Å². The highest BCUT2D eigenvalue weighted by atomic mass is 32.1. The van der Waals surface area contributed by atoms with Crippen molar-refractivity contribution in [3.63, 3.8) is 0 Å². The van der Waals surface area contributed by atoms with E-state index in [0.717, 1.165) is 66.8 Å². The maximum atomic E-state index is 5.34. The molecule has 0 saturated heterocycles. The summed E-state index contributed by atoms with van der Waals surface area (Å²) in [5, 5.41) is 5.00. The molecule has 62 heavy (non-hydrogen) atoms.